The topological polar surface area (TPSA) is 20.3 Å². The maximum Gasteiger partial charge on any atom is 0.253 e. The number of carbonyl (C=O) groups is 1. The van der Waals surface area contributed by atoms with Crippen LogP contribution in [-0.2, 0) is 4.79 Å². The molecular weight excluding hydrogens is 222 g/mol. The molecule has 1 aliphatic rings. The van der Waals surface area contributed by atoms with Crippen LogP contribution in [0.15, 0.2) is 30.8 Å². The molecular formula is C13H14ClNO. The molecule has 0 N–H and O–H groups in total. The van der Waals surface area contributed by atoms with Crippen LogP contribution >= 0.6 is 11.6 Å². The summed E-state index contributed by atoms with van der Waals surface area (Å²) in [5.74, 6) is 0.0276. The van der Waals surface area contributed by atoms with Gasteiger partial charge in [-0.25, -0.2) is 0 Å². The highest BCUT2D eigenvalue weighted by atomic mass is 35.5. The molecule has 0 aromatic heterocycles. The average molecular weight is 236 g/mol. The summed E-state index contributed by atoms with van der Waals surface area (Å²) in [7, 11) is 0. The number of benzene rings is 1. The van der Waals surface area contributed by atoms with E-state index < -0.39 is 0 Å². The zero-order valence-electron chi connectivity index (χ0n) is 9.08. The normalized spacial score (nSPS) is 15.2. The average Bonchev–Trinajstić information content (AvgIpc) is 2.80. The van der Waals surface area contributed by atoms with Crippen molar-refractivity contribution in [2.75, 3.05) is 13.1 Å². The molecule has 3 heteroatoms. The van der Waals surface area contributed by atoms with E-state index in [4.69, 9.17) is 11.6 Å². The molecule has 0 spiro atoms. The fourth-order valence-electron chi connectivity index (χ4n) is 1.91. The van der Waals surface area contributed by atoms with Gasteiger partial charge >= 0.3 is 0 Å². The number of hydrogen-bond acceptors (Lipinski definition) is 1. The second-order valence-corrected chi connectivity index (χ2v) is 4.42. The number of carbonyl (C=O) groups excluding carboxylic acids is 1. The van der Waals surface area contributed by atoms with Crippen LogP contribution in [0, 0.1) is 0 Å². The van der Waals surface area contributed by atoms with Gasteiger partial charge in [0.05, 0.1) is 0 Å². The Morgan fingerprint density at radius 3 is 2.62 bits per heavy atom. The quantitative estimate of drug-likeness (QED) is 0.722. The van der Waals surface area contributed by atoms with Crippen molar-refractivity contribution in [3.8, 4) is 0 Å². The van der Waals surface area contributed by atoms with Crippen molar-refractivity contribution in [1.82, 2.24) is 4.90 Å². The summed E-state index contributed by atoms with van der Waals surface area (Å²) in [4.78, 5) is 13.9. The first-order chi connectivity index (χ1) is 7.68. The largest absolute Gasteiger partial charge is 0.339 e. The van der Waals surface area contributed by atoms with E-state index in [2.05, 4.69) is 6.58 Å². The van der Waals surface area contributed by atoms with E-state index in [1.807, 2.05) is 17.0 Å². The van der Waals surface area contributed by atoms with E-state index in [1.54, 1.807) is 12.1 Å². The fourth-order valence-corrected chi connectivity index (χ4v) is 2.10. The Labute approximate surface area is 101 Å². The monoisotopic (exact) mass is 235 g/mol. The summed E-state index contributed by atoms with van der Waals surface area (Å²) < 4.78 is 0. The van der Waals surface area contributed by atoms with E-state index in [0.29, 0.717) is 10.6 Å². The van der Waals surface area contributed by atoms with Gasteiger partial charge in [-0.1, -0.05) is 30.3 Å². The van der Waals surface area contributed by atoms with Crippen molar-refractivity contribution in [3.63, 3.8) is 0 Å². The van der Waals surface area contributed by atoms with Crippen molar-refractivity contribution in [1.29, 1.82) is 0 Å². The van der Waals surface area contributed by atoms with Crippen LogP contribution in [0.2, 0.25) is 5.02 Å². The molecule has 2 rings (SSSR count). The SMILES string of the molecule is C=C(C(=O)N1CCCC1)c1cccc(Cl)c1. The third-order valence-electron chi connectivity index (χ3n) is 2.82. The van der Waals surface area contributed by atoms with Gasteiger partial charge in [0, 0.05) is 23.7 Å². The first-order valence-corrected chi connectivity index (χ1v) is 5.80. The smallest absolute Gasteiger partial charge is 0.253 e. The van der Waals surface area contributed by atoms with Gasteiger partial charge in [-0.15, -0.1) is 0 Å². The van der Waals surface area contributed by atoms with Crippen LogP contribution in [-0.4, -0.2) is 23.9 Å². The number of amides is 1. The highest BCUT2D eigenvalue weighted by Crippen LogP contribution is 2.21. The second kappa shape index (κ2) is 4.71. The van der Waals surface area contributed by atoms with Crippen LogP contribution < -0.4 is 0 Å². The minimum Gasteiger partial charge on any atom is -0.339 e. The van der Waals surface area contributed by atoms with Gasteiger partial charge in [-0.3, -0.25) is 4.79 Å². The predicted octanol–water partition coefficient (Wildman–Crippen LogP) is 2.98. The summed E-state index contributed by atoms with van der Waals surface area (Å²) in [5, 5.41) is 0.632. The van der Waals surface area contributed by atoms with Crippen LogP contribution in [0.4, 0.5) is 0 Å². The molecule has 0 atom stereocenters. The maximum absolute atomic E-state index is 12.0. The van der Waals surface area contributed by atoms with Crippen LogP contribution in [0.25, 0.3) is 5.57 Å². The molecule has 0 saturated carbocycles. The first kappa shape index (κ1) is 11.2. The van der Waals surface area contributed by atoms with E-state index in [1.165, 1.54) is 0 Å². The zero-order chi connectivity index (χ0) is 11.5. The van der Waals surface area contributed by atoms with Gasteiger partial charge < -0.3 is 4.90 Å². The third-order valence-corrected chi connectivity index (χ3v) is 3.06. The molecule has 1 aliphatic heterocycles. The number of nitrogens with zero attached hydrogens (tertiary/aromatic N) is 1. The maximum atomic E-state index is 12.0. The van der Waals surface area contributed by atoms with E-state index in [0.717, 1.165) is 31.5 Å². The highest BCUT2D eigenvalue weighted by molar-refractivity contribution is 6.31. The van der Waals surface area contributed by atoms with Crippen molar-refractivity contribution in [2.24, 2.45) is 0 Å². The van der Waals surface area contributed by atoms with Crippen LogP contribution in [0.5, 0.6) is 0 Å². The lowest BCUT2D eigenvalue weighted by molar-refractivity contribution is -0.123. The number of rotatable bonds is 2. The van der Waals surface area contributed by atoms with Crippen molar-refractivity contribution < 1.29 is 4.79 Å². The second-order valence-electron chi connectivity index (χ2n) is 3.99. The lowest BCUT2D eigenvalue weighted by Crippen LogP contribution is -2.28. The van der Waals surface area contributed by atoms with Crippen LogP contribution in [0.3, 0.4) is 0 Å². The minimum absolute atomic E-state index is 0.0276. The Morgan fingerprint density at radius 1 is 1.31 bits per heavy atom. The molecule has 84 valence electrons. The Hall–Kier alpha value is -1.28. The summed E-state index contributed by atoms with van der Waals surface area (Å²) in [6.07, 6.45) is 2.18. The van der Waals surface area contributed by atoms with Crippen molar-refractivity contribution in [3.05, 3.63) is 41.4 Å². The molecule has 1 aromatic rings. The lowest BCUT2D eigenvalue weighted by atomic mass is 10.1. The summed E-state index contributed by atoms with van der Waals surface area (Å²) in [5.41, 5.74) is 1.34. The number of hydrogen-bond donors (Lipinski definition) is 0. The third kappa shape index (κ3) is 2.27. The van der Waals surface area contributed by atoms with E-state index >= 15 is 0 Å². The molecule has 1 fully saturated rings. The Balaban J connectivity index is 2.15. The molecule has 1 saturated heterocycles. The highest BCUT2D eigenvalue weighted by Gasteiger charge is 2.20. The minimum atomic E-state index is 0.0276. The molecule has 0 aliphatic carbocycles. The molecule has 2 nitrogen and oxygen atoms in total. The van der Waals surface area contributed by atoms with Gasteiger partial charge in [-0.05, 0) is 30.5 Å². The first-order valence-electron chi connectivity index (χ1n) is 5.42. The Morgan fingerprint density at radius 2 is 2.00 bits per heavy atom. The van der Waals surface area contributed by atoms with Gasteiger partial charge in [-0.2, -0.15) is 0 Å². The Kier molecular flexibility index (Phi) is 3.30. The summed E-state index contributed by atoms with van der Waals surface area (Å²) in [6.45, 7) is 5.55. The summed E-state index contributed by atoms with van der Waals surface area (Å²) in [6, 6.07) is 7.26. The number of halogens is 1. The van der Waals surface area contributed by atoms with Crippen LogP contribution in [0.1, 0.15) is 18.4 Å². The Bertz CT molecular complexity index is 422. The molecule has 16 heavy (non-hydrogen) atoms. The number of likely N-dealkylation sites (tertiary alicyclic amines) is 1. The fraction of sp³-hybridized carbons (Fsp3) is 0.308. The van der Waals surface area contributed by atoms with E-state index in [-0.39, 0.29) is 5.91 Å². The molecule has 0 unspecified atom stereocenters. The van der Waals surface area contributed by atoms with Crippen molar-refractivity contribution >= 4 is 23.1 Å². The zero-order valence-corrected chi connectivity index (χ0v) is 9.83. The predicted molar refractivity (Wildman–Crippen MR) is 66.3 cm³/mol. The standard InChI is InChI=1S/C13H14ClNO/c1-10(11-5-4-6-12(14)9-11)13(16)15-7-2-3-8-15/h4-6,9H,1-3,7-8H2. The van der Waals surface area contributed by atoms with Gasteiger partial charge in [0.15, 0.2) is 0 Å². The summed E-state index contributed by atoms with van der Waals surface area (Å²) >= 11 is 5.89. The van der Waals surface area contributed by atoms with E-state index in [9.17, 15) is 4.79 Å². The molecule has 0 bridgehead atoms. The molecule has 1 amide bonds. The lowest BCUT2D eigenvalue weighted by Gasteiger charge is -2.16. The molecule has 1 aromatic carbocycles. The molecule has 1 heterocycles. The van der Waals surface area contributed by atoms with Gasteiger partial charge in [0.25, 0.3) is 5.91 Å². The molecule has 0 radical (unpaired) electrons. The van der Waals surface area contributed by atoms with Crippen molar-refractivity contribution in [2.45, 2.75) is 12.8 Å². The van der Waals surface area contributed by atoms with Gasteiger partial charge in [0.2, 0.25) is 0 Å². The van der Waals surface area contributed by atoms with Gasteiger partial charge in [0.1, 0.15) is 0 Å².